The largest absolute Gasteiger partial charge is 0.493 e. The lowest BCUT2D eigenvalue weighted by molar-refractivity contribution is 0.0135. The van der Waals surface area contributed by atoms with Gasteiger partial charge in [-0.25, -0.2) is 0 Å². The molecule has 0 aromatic heterocycles. The van der Waals surface area contributed by atoms with Gasteiger partial charge in [0.05, 0.1) is 18.1 Å². The molecule has 0 spiro atoms. The number of alkyl halides is 1. The molecule has 2 aliphatic rings. The molecule has 2 atom stereocenters. The van der Waals surface area contributed by atoms with Crippen molar-refractivity contribution in [1.82, 2.24) is 0 Å². The van der Waals surface area contributed by atoms with Gasteiger partial charge in [0.1, 0.15) is 5.75 Å². The van der Waals surface area contributed by atoms with E-state index < -0.39 is 0 Å². The molecule has 1 aromatic rings. The van der Waals surface area contributed by atoms with Crippen LogP contribution < -0.4 is 4.74 Å². The Morgan fingerprint density at radius 1 is 1.17 bits per heavy atom. The minimum atomic E-state index is -0.0301. The standard InChI is InChI=1S/C15H19ClO2/c16-15(14-5-1-2-8-18-14)12-6-7-13-11(10-12)4-3-9-17-13/h6-7,10,14-15H,1-5,8-9H2. The Balaban J connectivity index is 1.78. The van der Waals surface area contributed by atoms with Crippen LogP contribution in [0, 0.1) is 0 Å². The molecule has 1 aromatic carbocycles. The zero-order valence-electron chi connectivity index (χ0n) is 10.5. The molecule has 0 saturated carbocycles. The summed E-state index contributed by atoms with van der Waals surface area (Å²) in [4.78, 5) is 0. The van der Waals surface area contributed by atoms with E-state index in [0.29, 0.717) is 0 Å². The summed E-state index contributed by atoms with van der Waals surface area (Å²) >= 11 is 6.56. The van der Waals surface area contributed by atoms with Crippen LogP contribution in [0.15, 0.2) is 18.2 Å². The summed E-state index contributed by atoms with van der Waals surface area (Å²) in [5.74, 6) is 1.03. The first-order valence-electron chi connectivity index (χ1n) is 6.86. The first-order chi connectivity index (χ1) is 8.84. The smallest absolute Gasteiger partial charge is 0.122 e. The highest BCUT2D eigenvalue weighted by molar-refractivity contribution is 6.21. The van der Waals surface area contributed by atoms with E-state index in [0.717, 1.165) is 44.6 Å². The predicted octanol–water partition coefficient (Wildman–Crippen LogP) is 3.86. The number of halogens is 1. The highest BCUT2D eigenvalue weighted by atomic mass is 35.5. The van der Waals surface area contributed by atoms with E-state index in [2.05, 4.69) is 18.2 Å². The van der Waals surface area contributed by atoms with E-state index in [-0.39, 0.29) is 11.5 Å². The first-order valence-corrected chi connectivity index (χ1v) is 7.29. The normalized spacial score (nSPS) is 25.1. The van der Waals surface area contributed by atoms with Crippen molar-refractivity contribution >= 4 is 11.6 Å². The Morgan fingerprint density at radius 2 is 2.11 bits per heavy atom. The van der Waals surface area contributed by atoms with E-state index in [9.17, 15) is 0 Å². The number of benzene rings is 1. The Hall–Kier alpha value is -0.730. The van der Waals surface area contributed by atoms with Crippen molar-refractivity contribution in [2.75, 3.05) is 13.2 Å². The van der Waals surface area contributed by atoms with Gasteiger partial charge in [0.15, 0.2) is 0 Å². The third-order valence-electron chi connectivity index (χ3n) is 3.79. The molecule has 18 heavy (non-hydrogen) atoms. The molecule has 3 heteroatoms. The number of rotatable bonds is 2. The molecule has 1 fully saturated rings. The molecule has 3 rings (SSSR count). The lowest BCUT2D eigenvalue weighted by Gasteiger charge is -2.27. The van der Waals surface area contributed by atoms with Gasteiger partial charge < -0.3 is 9.47 Å². The molecular formula is C15H19ClO2. The molecule has 98 valence electrons. The van der Waals surface area contributed by atoms with Gasteiger partial charge in [-0.15, -0.1) is 11.6 Å². The maximum atomic E-state index is 6.56. The summed E-state index contributed by atoms with van der Waals surface area (Å²) in [6.45, 7) is 1.68. The van der Waals surface area contributed by atoms with Crippen molar-refractivity contribution in [3.05, 3.63) is 29.3 Å². The van der Waals surface area contributed by atoms with Crippen LogP contribution in [0.4, 0.5) is 0 Å². The number of fused-ring (bicyclic) bond motifs is 1. The maximum Gasteiger partial charge on any atom is 0.122 e. The minimum Gasteiger partial charge on any atom is -0.493 e. The predicted molar refractivity (Wildman–Crippen MR) is 72.4 cm³/mol. The van der Waals surface area contributed by atoms with Crippen LogP contribution >= 0.6 is 11.6 Å². The van der Waals surface area contributed by atoms with Crippen LogP contribution in [0.2, 0.25) is 0 Å². The zero-order chi connectivity index (χ0) is 12.4. The van der Waals surface area contributed by atoms with Crippen molar-refractivity contribution in [3.8, 4) is 5.75 Å². The van der Waals surface area contributed by atoms with Gasteiger partial charge in [0.25, 0.3) is 0 Å². The van der Waals surface area contributed by atoms with Gasteiger partial charge in [-0.1, -0.05) is 12.1 Å². The average Bonchev–Trinajstić information content (AvgIpc) is 2.47. The number of ether oxygens (including phenoxy) is 2. The van der Waals surface area contributed by atoms with E-state index >= 15 is 0 Å². The summed E-state index contributed by atoms with van der Waals surface area (Å²) < 4.78 is 11.4. The Morgan fingerprint density at radius 3 is 2.94 bits per heavy atom. The summed E-state index contributed by atoms with van der Waals surface area (Å²) in [6, 6.07) is 6.34. The molecule has 1 saturated heterocycles. The van der Waals surface area contributed by atoms with Crippen molar-refractivity contribution in [2.24, 2.45) is 0 Å². The third-order valence-corrected chi connectivity index (χ3v) is 4.33. The molecule has 2 heterocycles. The number of aryl methyl sites for hydroxylation is 1. The summed E-state index contributed by atoms with van der Waals surface area (Å²) in [7, 11) is 0. The Kier molecular flexibility index (Phi) is 3.76. The fourth-order valence-electron chi connectivity index (χ4n) is 2.76. The average molecular weight is 267 g/mol. The molecule has 0 bridgehead atoms. The SMILES string of the molecule is ClC(c1ccc2c(c1)CCCO2)C1CCCCO1. The van der Waals surface area contributed by atoms with E-state index in [1.54, 1.807) is 0 Å². The fraction of sp³-hybridized carbons (Fsp3) is 0.600. The van der Waals surface area contributed by atoms with E-state index in [1.807, 2.05) is 0 Å². The minimum absolute atomic E-state index is 0.0301. The van der Waals surface area contributed by atoms with Crippen LogP contribution in [0.25, 0.3) is 0 Å². The van der Waals surface area contributed by atoms with Crippen molar-refractivity contribution in [3.63, 3.8) is 0 Å². The van der Waals surface area contributed by atoms with Crippen molar-refractivity contribution in [1.29, 1.82) is 0 Å². The van der Waals surface area contributed by atoms with Gasteiger partial charge in [0, 0.05) is 6.61 Å². The Bertz CT molecular complexity index is 413. The maximum absolute atomic E-state index is 6.56. The summed E-state index contributed by atoms with van der Waals surface area (Å²) in [5.41, 5.74) is 2.47. The summed E-state index contributed by atoms with van der Waals surface area (Å²) in [6.07, 6.45) is 5.83. The molecule has 0 N–H and O–H groups in total. The van der Waals surface area contributed by atoms with Gasteiger partial charge in [-0.05, 0) is 49.3 Å². The zero-order valence-corrected chi connectivity index (χ0v) is 11.3. The summed E-state index contributed by atoms with van der Waals surface area (Å²) in [5, 5.41) is -0.0301. The second-order valence-electron chi connectivity index (χ2n) is 5.13. The van der Waals surface area contributed by atoms with Crippen LogP contribution in [0.3, 0.4) is 0 Å². The van der Waals surface area contributed by atoms with Crippen LogP contribution in [-0.4, -0.2) is 19.3 Å². The Labute approximate surface area is 113 Å². The third kappa shape index (κ3) is 2.50. The quantitative estimate of drug-likeness (QED) is 0.757. The van der Waals surface area contributed by atoms with Crippen LogP contribution in [0.1, 0.15) is 42.2 Å². The highest BCUT2D eigenvalue weighted by Gasteiger charge is 2.25. The fourth-order valence-corrected chi connectivity index (χ4v) is 3.10. The molecular weight excluding hydrogens is 248 g/mol. The second kappa shape index (κ2) is 5.50. The van der Waals surface area contributed by atoms with Crippen molar-refractivity contribution < 1.29 is 9.47 Å². The van der Waals surface area contributed by atoms with Gasteiger partial charge in [0.2, 0.25) is 0 Å². The van der Waals surface area contributed by atoms with Gasteiger partial charge >= 0.3 is 0 Å². The lowest BCUT2D eigenvalue weighted by Crippen LogP contribution is -2.23. The van der Waals surface area contributed by atoms with Crippen LogP contribution in [0.5, 0.6) is 5.75 Å². The van der Waals surface area contributed by atoms with Gasteiger partial charge in [-0.3, -0.25) is 0 Å². The van der Waals surface area contributed by atoms with E-state index in [4.69, 9.17) is 21.1 Å². The van der Waals surface area contributed by atoms with Crippen molar-refractivity contribution in [2.45, 2.75) is 43.6 Å². The molecule has 0 aliphatic carbocycles. The van der Waals surface area contributed by atoms with Crippen LogP contribution in [-0.2, 0) is 11.2 Å². The van der Waals surface area contributed by atoms with E-state index in [1.165, 1.54) is 17.5 Å². The molecule has 2 unspecified atom stereocenters. The monoisotopic (exact) mass is 266 g/mol. The number of hydrogen-bond donors (Lipinski definition) is 0. The highest BCUT2D eigenvalue weighted by Crippen LogP contribution is 2.35. The topological polar surface area (TPSA) is 18.5 Å². The molecule has 2 aliphatic heterocycles. The lowest BCUT2D eigenvalue weighted by atomic mass is 9.97. The second-order valence-corrected chi connectivity index (χ2v) is 5.60. The first kappa shape index (κ1) is 12.3. The number of hydrogen-bond acceptors (Lipinski definition) is 2. The molecule has 0 radical (unpaired) electrons. The molecule has 2 nitrogen and oxygen atoms in total. The molecule has 0 amide bonds. The van der Waals surface area contributed by atoms with Gasteiger partial charge in [-0.2, -0.15) is 0 Å².